The van der Waals surface area contributed by atoms with Gasteiger partial charge in [0.05, 0.1) is 25.4 Å². The molecule has 0 spiro atoms. The summed E-state index contributed by atoms with van der Waals surface area (Å²) in [5, 5.41) is 54.7. The summed E-state index contributed by atoms with van der Waals surface area (Å²) in [7, 11) is 0. The van der Waals surface area contributed by atoms with Gasteiger partial charge in [0.15, 0.2) is 6.29 Å². The van der Waals surface area contributed by atoms with E-state index in [1.807, 2.05) is 0 Å². The third kappa shape index (κ3) is 38.8. The second-order valence-electron chi connectivity index (χ2n) is 21.5. The van der Waals surface area contributed by atoms with Crippen molar-refractivity contribution in [2.45, 2.75) is 358 Å². The van der Waals surface area contributed by atoms with Crippen LogP contribution < -0.4 is 5.32 Å². The minimum atomic E-state index is -1.55. The van der Waals surface area contributed by atoms with Crippen LogP contribution in [0.2, 0.25) is 0 Å². The highest BCUT2D eigenvalue weighted by Crippen LogP contribution is 2.24. The first-order valence-electron chi connectivity index (χ1n) is 30.2. The Morgan fingerprint density at radius 1 is 0.441 bits per heavy atom. The molecule has 7 unspecified atom stereocenters. The molecule has 0 saturated carbocycles. The van der Waals surface area contributed by atoms with Crippen molar-refractivity contribution in [2.24, 2.45) is 0 Å². The van der Waals surface area contributed by atoms with Crippen LogP contribution in [0.5, 0.6) is 0 Å². The molecule has 1 aliphatic rings. The van der Waals surface area contributed by atoms with Gasteiger partial charge in [-0.25, -0.2) is 0 Å². The molecule has 0 aliphatic carbocycles. The average molecular weight is 969 g/mol. The lowest BCUT2D eigenvalue weighted by Gasteiger charge is -2.40. The summed E-state index contributed by atoms with van der Waals surface area (Å²) < 4.78 is 11.3. The van der Waals surface area contributed by atoms with Crippen molar-refractivity contribution in [3.8, 4) is 0 Å². The number of aliphatic hydroxyl groups is 5. The molecule has 1 heterocycles. The summed E-state index contributed by atoms with van der Waals surface area (Å²) in [4.78, 5) is 13.0. The molecule has 0 radical (unpaired) electrons. The van der Waals surface area contributed by atoms with Crippen molar-refractivity contribution in [2.75, 3.05) is 13.2 Å². The van der Waals surface area contributed by atoms with E-state index in [-0.39, 0.29) is 12.5 Å². The van der Waals surface area contributed by atoms with Gasteiger partial charge in [0.2, 0.25) is 5.91 Å². The van der Waals surface area contributed by atoms with E-state index in [0.29, 0.717) is 12.8 Å². The van der Waals surface area contributed by atoms with Crippen LogP contribution in [0.4, 0.5) is 0 Å². The molecule has 0 aromatic carbocycles. The first-order valence-corrected chi connectivity index (χ1v) is 30.2. The molecule has 0 aromatic heterocycles. The first-order chi connectivity index (χ1) is 33.3. The normalized spacial score (nSPS) is 19.4. The van der Waals surface area contributed by atoms with Crippen LogP contribution in [0, 0.1) is 0 Å². The molecule has 68 heavy (non-hydrogen) atoms. The average Bonchev–Trinajstić information content (AvgIpc) is 3.34. The summed E-state index contributed by atoms with van der Waals surface area (Å²) in [5.41, 5.74) is 0. The van der Waals surface area contributed by atoms with Crippen LogP contribution in [0.15, 0.2) is 0 Å². The standard InChI is InChI=1S/C59H117NO8/c1-3-5-7-9-11-13-15-17-19-20-21-22-23-24-25-26-27-28-29-30-31-32-33-35-36-38-40-42-44-46-48-53(62)52(51-67-59-58(66)57(65)56(64)54(50-61)68-59)60-55(63)49-47-45-43-41-39-37-34-18-16-14-12-10-8-6-4-2/h52-54,56-59,61-62,64-66H,3-51H2,1-2H3,(H,60,63). The van der Waals surface area contributed by atoms with Crippen LogP contribution in [-0.4, -0.2) is 87.5 Å². The summed E-state index contributed by atoms with van der Waals surface area (Å²) in [6.07, 6.45) is 52.9. The van der Waals surface area contributed by atoms with Crippen molar-refractivity contribution < 1.29 is 39.8 Å². The molecule has 0 aromatic rings. The van der Waals surface area contributed by atoms with E-state index in [4.69, 9.17) is 9.47 Å². The largest absolute Gasteiger partial charge is 0.394 e. The Labute approximate surface area is 421 Å². The van der Waals surface area contributed by atoms with E-state index < -0.39 is 49.5 Å². The van der Waals surface area contributed by atoms with Crippen LogP contribution in [0.25, 0.3) is 0 Å². The van der Waals surface area contributed by atoms with Gasteiger partial charge in [-0.05, 0) is 12.8 Å². The van der Waals surface area contributed by atoms with Crippen molar-refractivity contribution in [3.63, 3.8) is 0 Å². The fourth-order valence-corrected chi connectivity index (χ4v) is 10.2. The maximum atomic E-state index is 13.0. The number of ether oxygens (including phenoxy) is 2. The number of unbranched alkanes of at least 4 members (excludes halogenated alkanes) is 43. The summed E-state index contributed by atoms with van der Waals surface area (Å²) in [6, 6.07) is -0.713. The fraction of sp³-hybridized carbons (Fsp3) is 0.983. The molecule has 6 N–H and O–H groups in total. The Bertz CT molecular complexity index is 1030. The van der Waals surface area contributed by atoms with E-state index >= 15 is 0 Å². The molecule has 1 saturated heterocycles. The minimum absolute atomic E-state index is 0.131. The van der Waals surface area contributed by atoms with Gasteiger partial charge < -0.3 is 40.3 Å². The topological polar surface area (TPSA) is 149 Å². The van der Waals surface area contributed by atoms with E-state index in [9.17, 15) is 30.3 Å². The van der Waals surface area contributed by atoms with Gasteiger partial charge in [-0.15, -0.1) is 0 Å². The number of carbonyl (C=O) groups is 1. The van der Waals surface area contributed by atoms with Crippen molar-refractivity contribution in [1.29, 1.82) is 0 Å². The molecule has 9 heteroatoms. The van der Waals surface area contributed by atoms with Gasteiger partial charge in [0.25, 0.3) is 0 Å². The lowest BCUT2D eigenvalue weighted by atomic mass is 9.99. The predicted molar refractivity (Wildman–Crippen MR) is 286 cm³/mol. The summed E-state index contributed by atoms with van der Waals surface area (Å²) in [6.45, 7) is 3.88. The lowest BCUT2D eigenvalue weighted by Crippen LogP contribution is -2.60. The van der Waals surface area contributed by atoms with Gasteiger partial charge in [0, 0.05) is 6.42 Å². The number of carbonyl (C=O) groups excluding carboxylic acids is 1. The van der Waals surface area contributed by atoms with Crippen molar-refractivity contribution in [3.05, 3.63) is 0 Å². The molecule has 406 valence electrons. The van der Waals surface area contributed by atoms with Crippen LogP contribution in [-0.2, 0) is 14.3 Å². The molecule has 1 fully saturated rings. The Morgan fingerprint density at radius 2 is 0.735 bits per heavy atom. The Kier molecular flexibility index (Phi) is 47.7. The number of hydrogen-bond acceptors (Lipinski definition) is 8. The number of nitrogens with one attached hydrogen (secondary N) is 1. The zero-order valence-electron chi connectivity index (χ0n) is 45.2. The summed E-state index contributed by atoms with van der Waals surface area (Å²) >= 11 is 0. The fourth-order valence-electron chi connectivity index (χ4n) is 10.2. The molecule has 7 atom stereocenters. The SMILES string of the molecule is CCCCCCCCCCCCCCCCCCCCCCCCCCCCCCCCC(O)C(COC1OC(CO)C(O)C(O)C1O)NC(=O)CCCCCCCCCCCCCCCCC. The van der Waals surface area contributed by atoms with Gasteiger partial charge in [-0.2, -0.15) is 0 Å². The highest BCUT2D eigenvalue weighted by molar-refractivity contribution is 5.76. The van der Waals surface area contributed by atoms with E-state index in [1.165, 1.54) is 250 Å². The molecular formula is C59H117NO8. The van der Waals surface area contributed by atoms with Crippen LogP contribution >= 0.6 is 0 Å². The molecular weight excluding hydrogens is 851 g/mol. The van der Waals surface area contributed by atoms with Crippen molar-refractivity contribution >= 4 is 5.91 Å². The molecule has 0 bridgehead atoms. The molecule has 1 amide bonds. The third-order valence-electron chi connectivity index (χ3n) is 15.0. The van der Waals surface area contributed by atoms with E-state index in [1.54, 1.807) is 0 Å². The number of aliphatic hydroxyl groups excluding tert-OH is 5. The van der Waals surface area contributed by atoms with Gasteiger partial charge in [-0.3, -0.25) is 4.79 Å². The maximum Gasteiger partial charge on any atom is 0.220 e. The molecule has 1 aliphatic heterocycles. The zero-order chi connectivity index (χ0) is 49.4. The molecule has 1 rings (SSSR count). The highest BCUT2D eigenvalue weighted by Gasteiger charge is 2.44. The van der Waals surface area contributed by atoms with Gasteiger partial charge in [-0.1, -0.05) is 296 Å². The van der Waals surface area contributed by atoms with Crippen LogP contribution in [0.3, 0.4) is 0 Å². The van der Waals surface area contributed by atoms with Crippen molar-refractivity contribution in [1.82, 2.24) is 5.32 Å². The first kappa shape index (κ1) is 65.2. The second kappa shape index (κ2) is 49.8. The monoisotopic (exact) mass is 968 g/mol. The molecule has 9 nitrogen and oxygen atoms in total. The Morgan fingerprint density at radius 3 is 1.04 bits per heavy atom. The number of amides is 1. The second-order valence-corrected chi connectivity index (χ2v) is 21.5. The number of rotatable bonds is 53. The Hall–Kier alpha value is -0.810. The van der Waals surface area contributed by atoms with Gasteiger partial charge in [0.1, 0.15) is 24.4 Å². The Balaban J connectivity index is 2.12. The third-order valence-corrected chi connectivity index (χ3v) is 15.0. The summed E-state index contributed by atoms with van der Waals surface area (Å²) in [5.74, 6) is -0.137. The van der Waals surface area contributed by atoms with Crippen LogP contribution in [0.1, 0.15) is 316 Å². The predicted octanol–water partition coefficient (Wildman–Crippen LogP) is 15.0. The lowest BCUT2D eigenvalue weighted by molar-refractivity contribution is -0.302. The quantitative estimate of drug-likeness (QED) is 0.0330. The number of hydrogen-bond donors (Lipinski definition) is 6. The maximum absolute atomic E-state index is 13.0. The van der Waals surface area contributed by atoms with E-state index in [2.05, 4.69) is 19.2 Å². The smallest absolute Gasteiger partial charge is 0.220 e. The zero-order valence-corrected chi connectivity index (χ0v) is 45.2. The highest BCUT2D eigenvalue weighted by atomic mass is 16.7. The van der Waals surface area contributed by atoms with Gasteiger partial charge >= 0.3 is 0 Å². The minimum Gasteiger partial charge on any atom is -0.394 e. The van der Waals surface area contributed by atoms with E-state index in [0.717, 1.165) is 38.5 Å².